The Kier molecular flexibility index (Phi) is 4.05. The third kappa shape index (κ3) is 3.22. The van der Waals surface area contributed by atoms with Gasteiger partial charge in [0, 0.05) is 5.56 Å². The number of terminal acetylenes is 1. The zero-order chi connectivity index (χ0) is 10.5. The van der Waals surface area contributed by atoms with E-state index in [1.807, 2.05) is 6.07 Å². The summed E-state index contributed by atoms with van der Waals surface area (Å²) in [5, 5.41) is 0. The summed E-state index contributed by atoms with van der Waals surface area (Å²) in [5.41, 5.74) is 2.37. The van der Waals surface area contributed by atoms with E-state index in [9.17, 15) is 0 Å². The molecule has 0 unspecified atom stereocenters. The summed E-state index contributed by atoms with van der Waals surface area (Å²) in [7, 11) is 0. The first-order chi connectivity index (χ1) is 7.38. The van der Waals surface area contributed by atoms with Crippen molar-refractivity contribution in [2.24, 2.45) is 0 Å². The van der Waals surface area contributed by atoms with Gasteiger partial charge in [0.05, 0.1) is 4.58 Å². The van der Waals surface area contributed by atoms with Gasteiger partial charge in [0.15, 0.2) is 0 Å². The van der Waals surface area contributed by atoms with Gasteiger partial charge >= 0.3 is 0 Å². The van der Waals surface area contributed by atoms with E-state index in [2.05, 4.69) is 47.6 Å². The van der Waals surface area contributed by atoms with Crippen LogP contribution in [-0.4, -0.2) is 16.1 Å². The molecular formula is C13H14S2. The van der Waals surface area contributed by atoms with Gasteiger partial charge in [-0.15, -0.1) is 29.9 Å². The van der Waals surface area contributed by atoms with Gasteiger partial charge < -0.3 is 0 Å². The van der Waals surface area contributed by atoms with E-state index in [1.165, 1.54) is 23.5 Å². The molecule has 1 aromatic carbocycles. The van der Waals surface area contributed by atoms with Crippen LogP contribution in [0, 0.1) is 12.3 Å². The molecule has 0 radical (unpaired) electrons. The quantitative estimate of drug-likeness (QED) is 0.719. The SMILES string of the molecule is C#Cc1cccc(CC2SCCCS2)c1. The van der Waals surface area contributed by atoms with Gasteiger partial charge in [-0.3, -0.25) is 0 Å². The standard InChI is InChI=1S/C13H14S2/c1-2-11-5-3-6-12(9-11)10-13-14-7-4-8-15-13/h1,3,5-6,9,13H,4,7-8,10H2. The van der Waals surface area contributed by atoms with E-state index in [-0.39, 0.29) is 0 Å². The molecule has 1 fully saturated rings. The number of rotatable bonds is 2. The highest BCUT2D eigenvalue weighted by atomic mass is 32.2. The molecule has 0 spiro atoms. The summed E-state index contributed by atoms with van der Waals surface area (Å²) in [4.78, 5) is 0. The Balaban J connectivity index is 2.00. The van der Waals surface area contributed by atoms with Gasteiger partial charge in [0.25, 0.3) is 0 Å². The van der Waals surface area contributed by atoms with Crippen molar-refractivity contribution in [1.82, 2.24) is 0 Å². The normalized spacial score (nSPS) is 17.3. The molecule has 0 amide bonds. The predicted molar refractivity (Wildman–Crippen MR) is 71.4 cm³/mol. The zero-order valence-corrected chi connectivity index (χ0v) is 10.2. The van der Waals surface area contributed by atoms with Gasteiger partial charge in [-0.05, 0) is 42.0 Å². The number of hydrogen-bond donors (Lipinski definition) is 0. The largest absolute Gasteiger partial charge is 0.147 e. The van der Waals surface area contributed by atoms with Crippen LogP contribution >= 0.6 is 23.5 Å². The predicted octanol–water partition coefficient (Wildman–Crippen LogP) is 3.41. The average molecular weight is 234 g/mol. The van der Waals surface area contributed by atoms with E-state index in [0.717, 1.165) is 16.6 Å². The maximum absolute atomic E-state index is 5.39. The molecule has 1 saturated heterocycles. The molecule has 1 aromatic rings. The summed E-state index contributed by atoms with van der Waals surface area (Å²) in [6, 6.07) is 8.36. The minimum atomic E-state index is 0.728. The Morgan fingerprint density at radius 3 is 2.87 bits per heavy atom. The molecule has 0 N–H and O–H groups in total. The van der Waals surface area contributed by atoms with Crippen LogP contribution in [-0.2, 0) is 6.42 Å². The Morgan fingerprint density at radius 2 is 2.13 bits per heavy atom. The molecule has 0 bridgehead atoms. The fraction of sp³-hybridized carbons (Fsp3) is 0.385. The van der Waals surface area contributed by atoms with Crippen molar-refractivity contribution in [3.8, 4) is 12.3 Å². The monoisotopic (exact) mass is 234 g/mol. The molecule has 2 rings (SSSR count). The van der Waals surface area contributed by atoms with Crippen LogP contribution in [0.4, 0.5) is 0 Å². The summed E-state index contributed by atoms with van der Waals surface area (Å²) >= 11 is 4.17. The van der Waals surface area contributed by atoms with Crippen molar-refractivity contribution in [1.29, 1.82) is 0 Å². The molecule has 15 heavy (non-hydrogen) atoms. The molecule has 0 aliphatic carbocycles. The first-order valence-electron chi connectivity index (χ1n) is 5.17. The van der Waals surface area contributed by atoms with Gasteiger partial charge in [0.2, 0.25) is 0 Å². The van der Waals surface area contributed by atoms with Gasteiger partial charge in [-0.25, -0.2) is 0 Å². The minimum Gasteiger partial charge on any atom is -0.147 e. The lowest BCUT2D eigenvalue weighted by Gasteiger charge is -2.20. The first-order valence-corrected chi connectivity index (χ1v) is 7.27. The maximum atomic E-state index is 5.39. The molecule has 0 aromatic heterocycles. The molecule has 1 heterocycles. The summed E-state index contributed by atoms with van der Waals surface area (Å²) in [6.07, 6.45) is 7.89. The summed E-state index contributed by atoms with van der Waals surface area (Å²) in [6.45, 7) is 0. The molecule has 0 saturated carbocycles. The second-order valence-electron chi connectivity index (χ2n) is 3.57. The molecule has 0 nitrogen and oxygen atoms in total. The van der Waals surface area contributed by atoms with E-state index in [0.29, 0.717) is 0 Å². The highest BCUT2D eigenvalue weighted by Gasteiger charge is 2.14. The molecule has 0 atom stereocenters. The molecule has 78 valence electrons. The van der Waals surface area contributed by atoms with Crippen molar-refractivity contribution in [3.63, 3.8) is 0 Å². The lowest BCUT2D eigenvalue weighted by Crippen LogP contribution is -2.09. The Labute approximate surface area is 100 Å². The fourth-order valence-corrected chi connectivity index (χ4v) is 4.55. The number of benzene rings is 1. The molecular weight excluding hydrogens is 220 g/mol. The smallest absolute Gasteiger partial charge is 0.0542 e. The van der Waals surface area contributed by atoms with Crippen LogP contribution in [0.3, 0.4) is 0 Å². The Morgan fingerprint density at radius 1 is 1.33 bits per heavy atom. The van der Waals surface area contributed by atoms with Gasteiger partial charge in [-0.2, -0.15) is 0 Å². The molecule has 1 aliphatic heterocycles. The van der Waals surface area contributed by atoms with Crippen molar-refractivity contribution < 1.29 is 0 Å². The third-order valence-corrected chi connectivity index (χ3v) is 5.33. The van der Waals surface area contributed by atoms with Crippen LogP contribution in [0.25, 0.3) is 0 Å². The third-order valence-electron chi connectivity index (χ3n) is 2.39. The number of hydrogen-bond acceptors (Lipinski definition) is 2. The van der Waals surface area contributed by atoms with Gasteiger partial charge in [0.1, 0.15) is 0 Å². The van der Waals surface area contributed by atoms with E-state index >= 15 is 0 Å². The van der Waals surface area contributed by atoms with Gasteiger partial charge in [-0.1, -0.05) is 18.1 Å². The van der Waals surface area contributed by atoms with Crippen LogP contribution in [0.5, 0.6) is 0 Å². The second kappa shape index (κ2) is 5.53. The van der Waals surface area contributed by atoms with Crippen molar-refractivity contribution in [2.75, 3.05) is 11.5 Å². The van der Waals surface area contributed by atoms with Crippen molar-refractivity contribution in [2.45, 2.75) is 17.4 Å². The summed E-state index contributed by atoms with van der Waals surface area (Å²) < 4.78 is 0.728. The highest BCUT2D eigenvalue weighted by Crippen LogP contribution is 2.32. The first kappa shape index (κ1) is 11.0. The van der Waals surface area contributed by atoms with E-state index in [1.54, 1.807) is 0 Å². The number of thioether (sulfide) groups is 2. The topological polar surface area (TPSA) is 0 Å². The van der Waals surface area contributed by atoms with E-state index < -0.39 is 0 Å². The fourth-order valence-electron chi connectivity index (χ4n) is 1.63. The molecule has 1 aliphatic rings. The summed E-state index contributed by atoms with van der Waals surface area (Å²) in [5.74, 6) is 5.31. The zero-order valence-electron chi connectivity index (χ0n) is 8.61. The Hall–Kier alpha value is -0.520. The minimum absolute atomic E-state index is 0.728. The average Bonchev–Trinajstić information content (AvgIpc) is 2.31. The lowest BCUT2D eigenvalue weighted by molar-refractivity contribution is 1.04. The lowest BCUT2D eigenvalue weighted by atomic mass is 10.1. The van der Waals surface area contributed by atoms with Crippen LogP contribution in [0.2, 0.25) is 0 Å². The second-order valence-corrected chi connectivity index (χ2v) is 6.49. The van der Waals surface area contributed by atoms with Crippen LogP contribution in [0.15, 0.2) is 24.3 Å². The van der Waals surface area contributed by atoms with Crippen LogP contribution < -0.4 is 0 Å². The Bertz CT molecular complexity index is 359. The van der Waals surface area contributed by atoms with E-state index in [4.69, 9.17) is 6.42 Å². The van der Waals surface area contributed by atoms with Crippen molar-refractivity contribution in [3.05, 3.63) is 35.4 Å². The van der Waals surface area contributed by atoms with Crippen molar-refractivity contribution >= 4 is 23.5 Å². The molecule has 2 heteroatoms. The van der Waals surface area contributed by atoms with Crippen LogP contribution in [0.1, 0.15) is 17.5 Å². The highest BCUT2D eigenvalue weighted by molar-refractivity contribution is 8.17. The maximum Gasteiger partial charge on any atom is 0.0542 e.